The van der Waals surface area contributed by atoms with E-state index in [-0.39, 0.29) is 17.0 Å². The van der Waals surface area contributed by atoms with Crippen LogP contribution in [0.2, 0.25) is 5.02 Å². The SMILES string of the molecule is CCC(Sc1cc(C)c(F)cc1Cl)C(=O)OCC1CCOC1. The molecule has 0 bridgehead atoms. The summed E-state index contributed by atoms with van der Waals surface area (Å²) in [4.78, 5) is 12.9. The molecule has 3 nitrogen and oxygen atoms in total. The highest BCUT2D eigenvalue weighted by molar-refractivity contribution is 8.00. The zero-order valence-electron chi connectivity index (χ0n) is 12.7. The Hall–Kier alpha value is -0.780. The first kappa shape index (κ1) is 17.6. The quantitative estimate of drug-likeness (QED) is 0.570. The number of rotatable bonds is 6. The molecule has 0 aromatic heterocycles. The Bertz CT molecular complexity index is 532. The van der Waals surface area contributed by atoms with Crippen molar-refractivity contribution in [3.8, 4) is 0 Å². The summed E-state index contributed by atoms with van der Waals surface area (Å²) >= 11 is 7.38. The number of aryl methyl sites for hydroxylation is 1. The van der Waals surface area contributed by atoms with Crippen LogP contribution in [0.3, 0.4) is 0 Å². The molecule has 1 aromatic carbocycles. The van der Waals surface area contributed by atoms with Crippen molar-refractivity contribution in [1.82, 2.24) is 0 Å². The lowest BCUT2D eigenvalue weighted by Gasteiger charge is -2.16. The maximum Gasteiger partial charge on any atom is 0.319 e. The number of ether oxygens (including phenoxy) is 2. The third kappa shape index (κ3) is 4.61. The zero-order chi connectivity index (χ0) is 16.1. The Morgan fingerprint density at radius 2 is 2.36 bits per heavy atom. The van der Waals surface area contributed by atoms with Crippen LogP contribution in [-0.4, -0.2) is 31.0 Å². The van der Waals surface area contributed by atoms with Crippen LogP contribution in [0.5, 0.6) is 0 Å². The molecule has 1 aliphatic heterocycles. The van der Waals surface area contributed by atoms with Gasteiger partial charge in [-0.25, -0.2) is 4.39 Å². The molecule has 0 spiro atoms. The fraction of sp³-hybridized carbons (Fsp3) is 0.562. The van der Waals surface area contributed by atoms with Gasteiger partial charge in [0.1, 0.15) is 11.1 Å². The van der Waals surface area contributed by atoms with E-state index in [1.165, 1.54) is 17.8 Å². The summed E-state index contributed by atoms with van der Waals surface area (Å²) in [6.45, 7) is 5.38. The maximum absolute atomic E-state index is 13.4. The Morgan fingerprint density at radius 3 is 3.00 bits per heavy atom. The summed E-state index contributed by atoms with van der Waals surface area (Å²) in [5, 5.41) is -0.0202. The van der Waals surface area contributed by atoms with Crippen molar-refractivity contribution < 1.29 is 18.7 Å². The van der Waals surface area contributed by atoms with Gasteiger partial charge in [0.05, 0.1) is 18.2 Å². The van der Waals surface area contributed by atoms with Gasteiger partial charge in [0.15, 0.2) is 0 Å². The molecule has 0 radical (unpaired) electrons. The Balaban J connectivity index is 1.95. The van der Waals surface area contributed by atoms with E-state index in [4.69, 9.17) is 21.1 Å². The summed E-state index contributed by atoms with van der Waals surface area (Å²) < 4.78 is 24.1. The summed E-state index contributed by atoms with van der Waals surface area (Å²) in [5.74, 6) is -0.299. The van der Waals surface area contributed by atoms with Crippen molar-refractivity contribution in [3.05, 3.63) is 28.5 Å². The van der Waals surface area contributed by atoms with Crippen LogP contribution in [0.15, 0.2) is 17.0 Å². The second-order valence-electron chi connectivity index (χ2n) is 5.41. The van der Waals surface area contributed by atoms with Crippen molar-refractivity contribution >= 4 is 29.3 Å². The van der Waals surface area contributed by atoms with Crippen LogP contribution < -0.4 is 0 Å². The van der Waals surface area contributed by atoms with Crippen LogP contribution in [0, 0.1) is 18.7 Å². The van der Waals surface area contributed by atoms with Gasteiger partial charge in [-0.2, -0.15) is 0 Å². The molecule has 1 heterocycles. The lowest BCUT2D eigenvalue weighted by molar-refractivity contribution is -0.144. The van der Waals surface area contributed by atoms with Crippen LogP contribution in [0.1, 0.15) is 25.3 Å². The van der Waals surface area contributed by atoms with Crippen molar-refractivity contribution in [2.45, 2.75) is 36.8 Å². The first-order valence-corrected chi connectivity index (χ1v) is 8.63. The minimum Gasteiger partial charge on any atom is -0.464 e. The lowest BCUT2D eigenvalue weighted by atomic mass is 10.1. The van der Waals surface area contributed by atoms with Gasteiger partial charge in [0, 0.05) is 17.4 Å². The molecule has 0 aliphatic carbocycles. The maximum atomic E-state index is 13.4. The van der Waals surface area contributed by atoms with E-state index in [9.17, 15) is 9.18 Å². The third-order valence-electron chi connectivity index (χ3n) is 3.60. The lowest BCUT2D eigenvalue weighted by Crippen LogP contribution is -2.23. The molecular weight excluding hydrogens is 327 g/mol. The number of esters is 1. The minimum absolute atomic E-state index is 0.252. The number of halogens is 2. The largest absolute Gasteiger partial charge is 0.464 e. The van der Waals surface area contributed by atoms with E-state index in [1.807, 2.05) is 6.92 Å². The van der Waals surface area contributed by atoms with Gasteiger partial charge in [-0.3, -0.25) is 4.79 Å². The molecule has 22 heavy (non-hydrogen) atoms. The predicted molar refractivity (Wildman–Crippen MR) is 86.0 cm³/mol. The summed E-state index contributed by atoms with van der Waals surface area (Å²) in [5.41, 5.74) is 0.512. The van der Waals surface area contributed by atoms with Crippen molar-refractivity contribution in [2.75, 3.05) is 19.8 Å². The summed E-state index contributed by atoms with van der Waals surface area (Å²) in [7, 11) is 0. The van der Waals surface area contributed by atoms with E-state index >= 15 is 0 Å². The van der Waals surface area contributed by atoms with E-state index in [0.717, 1.165) is 13.0 Å². The van der Waals surface area contributed by atoms with E-state index in [1.54, 1.807) is 13.0 Å². The molecule has 2 unspecified atom stereocenters. The number of carbonyl (C=O) groups is 1. The van der Waals surface area contributed by atoms with Crippen LogP contribution in [0.4, 0.5) is 4.39 Å². The fourth-order valence-corrected chi connectivity index (χ4v) is 3.52. The molecule has 2 atom stereocenters. The Morgan fingerprint density at radius 1 is 1.59 bits per heavy atom. The first-order chi connectivity index (χ1) is 10.5. The Kier molecular flexibility index (Phi) is 6.53. The molecule has 1 aromatic rings. The predicted octanol–water partition coefficient (Wildman–Crippen LogP) is 4.24. The molecular formula is C16H20ClFO3S. The van der Waals surface area contributed by atoms with Gasteiger partial charge in [0.2, 0.25) is 0 Å². The number of thioether (sulfide) groups is 1. The zero-order valence-corrected chi connectivity index (χ0v) is 14.3. The van der Waals surface area contributed by atoms with Gasteiger partial charge >= 0.3 is 5.97 Å². The molecule has 0 saturated carbocycles. The second kappa shape index (κ2) is 8.18. The standard InChI is InChI=1S/C16H20ClFO3S/c1-3-14(16(19)21-9-11-4-5-20-8-11)22-15-6-10(2)13(18)7-12(15)17/h6-7,11,14H,3-5,8-9H2,1-2H3. The van der Waals surface area contributed by atoms with E-state index in [2.05, 4.69) is 0 Å². The molecule has 2 rings (SSSR count). The molecule has 0 amide bonds. The number of benzene rings is 1. The number of carbonyl (C=O) groups excluding carboxylic acids is 1. The second-order valence-corrected chi connectivity index (χ2v) is 7.06. The van der Waals surface area contributed by atoms with E-state index < -0.39 is 0 Å². The molecule has 1 fully saturated rings. The van der Waals surface area contributed by atoms with Crippen LogP contribution in [-0.2, 0) is 14.3 Å². The molecule has 0 N–H and O–H groups in total. The van der Waals surface area contributed by atoms with Gasteiger partial charge in [-0.1, -0.05) is 18.5 Å². The van der Waals surface area contributed by atoms with Gasteiger partial charge in [0.25, 0.3) is 0 Å². The monoisotopic (exact) mass is 346 g/mol. The normalized spacial score (nSPS) is 19.2. The smallest absolute Gasteiger partial charge is 0.319 e. The summed E-state index contributed by atoms with van der Waals surface area (Å²) in [6, 6.07) is 2.95. The van der Waals surface area contributed by atoms with Crippen molar-refractivity contribution in [1.29, 1.82) is 0 Å². The molecule has 6 heteroatoms. The van der Waals surface area contributed by atoms with Crippen molar-refractivity contribution in [2.24, 2.45) is 5.92 Å². The van der Waals surface area contributed by atoms with Gasteiger partial charge < -0.3 is 9.47 Å². The average Bonchev–Trinajstić information content (AvgIpc) is 3.00. The average molecular weight is 347 g/mol. The van der Waals surface area contributed by atoms with Crippen LogP contribution >= 0.6 is 23.4 Å². The topological polar surface area (TPSA) is 35.5 Å². The van der Waals surface area contributed by atoms with Crippen molar-refractivity contribution in [3.63, 3.8) is 0 Å². The van der Waals surface area contributed by atoms with Crippen LogP contribution in [0.25, 0.3) is 0 Å². The summed E-state index contributed by atoms with van der Waals surface area (Å²) in [6.07, 6.45) is 1.55. The molecule has 1 aliphatic rings. The van der Waals surface area contributed by atoms with Gasteiger partial charge in [-0.15, -0.1) is 11.8 Å². The third-order valence-corrected chi connectivity index (χ3v) is 5.43. The Labute approximate surface area is 139 Å². The number of hydrogen-bond acceptors (Lipinski definition) is 4. The molecule has 122 valence electrons. The minimum atomic E-state index is -0.343. The highest BCUT2D eigenvalue weighted by atomic mass is 35.5. The van der Waals surface area contributed by atoms with E-state index in [0.29, 0.717) is 41.0 Å². The van der Waals surface area contributed by atoms with Gasteiger partial charge in [-0.05, 0) is 37.5 Å². The fourth-order valence-electron chi connectivity index (χ4n) is 2.18. The highest BCUT2D eigenvalue weighted by Gasteiger charge is 2.24. The highest BCUT2D eigenvalue weighted by Crippen LogP contribution is 2.34. The first-order valence-electron chi connectivity index (χ1n) is 7.38. The molecule has 1 saturated heterocycles. The number of hydrogen-bond donors (Lipinski definition) is 0.